The lowest BCUT2D eigenvalue weighted by Crippen LogP contribution is -2.49. The minimum atomic E-state index is -3.50. The van der Waals surface area contributed by atoms with Crippen molar-refractivity contribution in [3.63, 3.8) is 0 Å². The summed E-state index contributed by atoms with van der Waals surface area (Å²) >= 11 is 0. The molecule has 134 valence electrons. The number of carbonyl (C=O) groups is 1. The highest BCUT2D eigenvalue weighted by Crippen LogP contribution is 2.20. The zero-order valence-corrected chi connectivity index (χ0v) is 15.0. The van der Waals surface area contributed by atoms with Crippen LogP contribution in [0.3, 0.4) is 0 Å². The zero-order valence-electron chi connectivity index (χ0n) is 14.2. The molecule has 0 atom stereocenters. The highest BCUT2D eigenvalue weighted by atomic mass is 32.2. The summed E-state index contributed by atoms with van der Waals surface area (Å²) in [6.07, 6.45) is -0.273. The second-order valence-electron chi connectivity index (χ2n) is 5.61. The van der Waals surface area contributed by atoms with Crippen LogP contribution in [0.5, 0.6) is 0 Å². The molecule has 0 unspecified atom stereocenters. The largest absolute Gasteiger partial charge is 0.450 e. The van der Waals surface area contributed by atoms with Gasteiger partial charge in [0.15, 0.2) is 0 Å². The number of amides is 1. The van der Waals surface area contributed by atoms with E-state index in [1.165, 1.54) is 14.1 Å². The quantitative estimate of drug-likeness (QED) is 0.857. The molecule has 0 saturated carbocycles. The van der Waals surface area contributed by atoms with Crippen LogP contribution in [0.25, 0.3) is 0 Å². The molecular weight excluding hydrogens is 332 g/mol. The molecule has 0 radical (unpaired) electrons. The topological polar surface area (TPSA) is 82.2 Å². The smallest absolute Gasteiger partial charge is 0.409 e. The Kier molecular flexibility index (Phi) is 5.89. The molecule has 1 heterocycles. The third-order valence-corrected chi connectivity index (χ3v) is 5.22. The van der Waals surface area contributed by atoms with E-state index in [-0.39, 0.29) is 6.09 Å². The third kappa shape index (κ3) is 4.51. The predicted octanol–water partition coefficient (Wildman–Crippen LogP) is 1.18. The number of piperazine rings is 1. The first kappa shape index (κ1) is 18.3. The lowest BCUT2D eigenvalue weighted by atomic mass is 10.2. The maximum absolute atomic E-state index is 11.8. The minimum Gasteiger partial charge on any atom is -0.450 e. The van der Waals surface area contributed by atoms with Crippen LogP contribution >= 0.6 is 0 Å². The number of nitrogens with zero attached hydrogens (tertiary/aromatic N) is 3. The van der Waals surface area contributed by atoms with E-state index in [0.29, 0.717) is 38.5 Å². The van der Waals surface area contributed by atoms with Crippen LogP contribution < -0.4 is 9.62 Å². The second-order valence-corrected chi connectivity index (χ2v) is 7.49. The zero-order chi connectivity index (χ0) is 17.7. The van der Waals surface area contributed by atoms with Gasteiger partial charge in [-0.05, 0) is 31.2 Å². The lowest BCUT2D eigenvalue weighted by Gasteiger charge is -2.35. The Hall–Kier alpha value is -2.00. The molecular formula is C15H24N4O4S. The van der Waals surface area contributed by atoms with Crippen molar-refractivity contribution in [2.45, 2.75) is 6.92 Å². The van der Waals surface area contributed by atoms with Crippen molar-refractivity contribution in [2.24, 2.45) is 0 Å². The lowest BCUT2D eigenvalue weighted by molar-refractivity contribution is 0.105. The van der Waals surface area contributed by atoms with E-state index < -0.39 is 10.2 Å². The van der Waals surface area contributed by atoms with Gasteiger partial charge >= 0.3 is 16.3 Å². The Balaban J connectivity index is 1.94. The maximum atomic E-state index is 11.8. The van der Waals surface area contributed by atoms with E-state index >= 15 is 0 Å². The van der Waals surface area contributed by atoms with Crippen molar-refractivity contribution in [3.05, 3.63) is 24.3 Å². The van der Waals surface area contributed by atoms with Crippen molar-refractivity contribution >= 4 is 27.7 Å². The number of carbonyl (C=O) groups excluding carboxylic acids is 1. The molecule has 1 aliphatic rings. The van der Waals surface area contributed by atoms with Crippen molar-refractivity contribution in [1.29, 1.82) is 0 Å². The highest BCUT2D eigenvalue weighted by Gasteiger charge is 2.22. The summed E-state index contributed by atoms with van der Waals surface area (Å²) in [5.41, 5.74) is 1.50. The molecule has 1 saturated heterocycles. The van der Waals surface area contributed by atoms with Gasteiger partial charge in [0, 0.05) is 51.6 Å². The molecule has 0 bridgehead atoms. The number of ether oxygens (including phenoxy) is 1. The standard InChI is InChI=1S/C15H24N4O4S/c1-4-23-15(20)19-11-9-18(10-12-19)14-7-5-13(6-8-14)16-24(21,22)17(2)3/h5-8,16H,4,9-12H2,1-3H3. The molecule has 0 aromatic heterocycles. The number of hydrogen-bond acceptors (Lipinski definition) is 5. The van der Waals surface area contributed by atoms with Crippen molar-refractivity contribution in [2.75, 3.05) is 56.5 Å². The summed E-state index contributed by atoms with van der Waals surface area (Å²) in [4.78, 5) is 15.5. The average Bonchev–Trinajstić information content (AvgIpc) is 2.55. The first-order valence-electron chi connectivity index (χ1n) is 7.80. The van der Waals surface area contributed by atoms with Crippen LogP contribution in [0.2, 0.25) is 0 Å². The number of hydrogen-bond donors (Lipinski definition) is 1. The van der Waals surface area contributed by atoms with Crippen LogP contribution in [0.15, 0.2) is 24.3 Å². The summed E-state index contributed by atoms with van der Waals surface area (Å²) < 4.78 is 32.2. The highest BCUT2D eigenvalue weighted by molar-refractivity contribution is 7.90. The van der Waals surface area contributed by atoms with E-state index in [4.69, 9.17) is 4.74 Å². The van der Waals surface area contributed by atoms with Gasteiger partial charge in [0.2, 0.25) is 0 Å². The Morgan fingerprint density at radius 1 is 1.17 bits per heavy atom. The van der Waals surface area contributed by atoms with Gasteiger partial charge in [-0.1, -0.05) is 0 Å². The normalized spacial score (nSPS) is 15.5. The van der Waals surface area contributed by atoms with Gasteiger partial charge in [0.05, 0.1) is 6.61 Å². The SMILES string of the molecule is CCOC(=O)N1CCN(c2ccc(NS(=O)(=O)N(C)C)cc2)CC1. The number of benzene rings is 1. The summed E-state index contributed by atoms with van der Waals surface area (Å²) in [6, 6.07) is 7.20. The van der Waals surface area contributed by atoms with Crippen LogP contribution in [0.1, 0.15) is 6.92 Å². The van der Waals surface area contributed by atoms with Gasteiger partial charge in [-0.2, -0.15) is 12.7 Å². The molecule has 1 aromatic carbocycles. The van der Waals surface area contributed by atoms with E-state index in [9.17, 15) is 13.2 Å². The molecule has 24 heavy (non-hydrogen) atoms. The summed E-state index contributed by atoms with van der Waals surface area (Å²) in [5, 5.41) is 0. The molecule has 9 heteroatoms. The summed E-state index contributed by atoms with van der Waals surface area (Å²) in [5.74, 6) is 0. The maximum Gasteiger partial charge on any atom is 0.409 e. The third-order valence-electron chi connectivity index (χ3n) is 3.77. The number of anilines is 2. The fourth-order valence-corrected chi connectivity index (χ4v) is 2.96. The number of nitrogens with one attached hydrogen (secondary N) is 1. The first-order chi connectivity index (χ1) is 11.3. The van der Waals surface area contributed by atoms with E-state index in [1.54, 1.807) is 24.0 Å². The van der Waals surface area contributed by atoms with Gasteiger partial charge in [-0.15, -0.1) is 0 Å². The van der Waals surface area contributed by atoms with Crippen molar-refractivity contribution < 1.29 is 17.9 Å². The molecule has 0 spiro atoms. The van der Waals surface area contributed by atoms with Crippen molar-refractivity contribution in [3.8, 4) is 0 Å². The Morgan fingerprint density at radius 3 is 2.25 bits per heavy atom. The van der Waals surface area contributed by atoms with Gasteiger partial charge in [0.25, 0.3) is 0 Å². The molecule has 2 rings (SSSR count). The van der Waals surface area contributed by atoms with Gasteiger partial charge in [0.1, 0.15) is 0 Å². The van der Waals surface area contributed by atoms with Crippen LogP contribution in [0, 0.1) is 0 Å². The monoisotopic (exact) mass is 356 g/mol. The Labute approximate surface area is 143 Å². The molecule has 1 N–H and O–H groups in total. The fourth-order valence-electron chi connectivity index (χ4n) is 2.34. The van der Waals surface area contributed by atoms with Gasteiger partial charge < -0.3 is 14.5 Å². The molecule has 1 fully saturated rings. The van der Waals surface area contributed by atoms with Crippen LogP contribution in [-0.4, -0.2) is 70.6 Å². The molecule has 8 nitrogen and oxygen atoms in total. The van der Waals surface area contributed by atoms with Crippen molar-refractivity contribution in [1.82, 2.24) is 9.21 Å². The molecule has 1 amide bonds. The van der Waals surface area contributed by atoms with Gasteiger partial charge in [-0.3, -0.25) is 4.72 Å². The van der Waals surface area contributed by atoms with Crippen LogP contribution in [-0.2, 0) is 14.9 Å². The summed E-state index contributed by atoms with van der Waals surface area (Å²) in [7, 11) is -0.556. The molecule has 1 aliphatic heterocycles. The summed E-state index contributed by atoms with van der Waals surface area (Å²) in [6.45, 7) is 4.80. The minimum absolute atomic E-state index is 0.273. The van der Waals surface area contributed by atoms with E-state index in [0.717, 1.165) is 9.99 Å². The average molecular weight is 356 g/mol. The fraction of sp³-hybridized carbons (Fsp3) is 0.533. The van der Waals surface area contributed by atoms with Crippen LogP contribution in [0.4, 0.5) is 16.2 Å². The molecule has 0 aliphatic carbocycles. The molecule has 1 aromatic rings. The first-order valence-corrected chi connectivity index (χ1v) is 9.24. The van der Waals surface area contributed by atoms with Gasteiger partial charge in [-0.25, -0.2) is 4.79 Å². The second kappa shape index (κ2) is 7.71. The Bertz CT molecular complexity index is 653. The van der Waals surface area contributed by atoms with E-state index in [2.05, 4.69) is 9.62 Å². The Morgan fingerprint density at radius 2 is 1.75 bits per heavy atom. The number of rotatable bonds is 5. The predicted molar refractivity (Wildman–Crippen MR) is 93.5 cm³/mol. The van der Waals surface area contributed by atoms with E-state index in [1.807, 2.05) is 12.1 Å².